The van der Waals surface area contributed by atoms with Crippen LogP contribution < -0.4 is 15.4 Å². The number of amides is 2. The lowest BCUT2D eigenvalue weighted by Crippen LogP contribution is -2.37. The minimum absolute atomic E-state index is 0.172. The van der Waals surface area contributed by atoms with Crippen molar-refractivity contribution in [3.63, 3.8) is 0 Å². The van der Waals surface area contributed by atoms with E-state index in [1.54, 1.807) is 12.1 Å². The Morgan fingerprint density at radius 3 is 2.71 bits per heavy atom. The largest absolute Gasteiger partial charge is 0.490 e. The lowest BCUT2D eigenvalue weighted by atomic mass is 10.3. The SMILES string of the molecule is CCCNC(=O)NCCOc1ccccc1Cl. The van der Waals surface area contributed by atoms with Crippen molar-refractivity contribution >= 4 is 17.6 Å². The van der Waals surface area contributed by atoms with Gasteiger partial charge in [0.1, 0.15) is 12.4 Å². The van der Waals surface area contributed by atoms with Crippen molar-refractivity contribution in [2.75, 3.05) is 19.7 Å². The van der Waals surface area contributed by atoms with E-state index in [-0.39, 0.29) is 6.03 Å². The summed E-state index contributed by atoms with van der Waals surface area (Å²) in [6.45, 7) is 3.52. The molecule has 0 saturated carbocycles. The molecule has 0 unspecified atom stereocenters. The fourth-order valence-corrected chi connectivity index (χ4v) is 1.38. The minimum Gasteiger partial charge on any atom is -0.490 e. The van der Waals surface area contributed by atoms with Crippen molar-refractivity contribution in [2.24, 2.45) is 0 Å². The smallest absolute Gasteiger partial charge is 0.314 e. The maximum atomic E-state index is 11.2. The molecule has 0 bridgehead atoms. The van der Waals surface area contributed by atoms with Crippen LogP contribution in [-0.4, -0.2) is 25.7 Å². The molecule has 1 rings (SSSR count). The summed E-state index contributed by atoms with van der Waals surface area (Å²) in [7, 11) is 0. The van der Waals surface area contributed by atoms with E-state index in [1.165, 1.54) is 0 Å². The Morgan fingerprint density at radius 1 is 1.29 bits per heavy atom. The van der Waals surface area contributed by atoms with E-state index in [9.17, 15) is 4.79 Å². The number of nitrogens with one attached hydrogen (secondary N) is 2. The van der Waals surface area contributed by atoms with Gasteiger partial charge in [-0.1, -0.05) is 30.7 Å². The van der Waals surface area contributed by atoms with Gasteiger partial charge in [0.15, 0.2) is 0 Å². The van der Waals surface area contributed by atoms with Gasteiger partial charge in [0.2, 0.25) is 0 Å². The van der Waals surface area contributed by atoms with Crippen LogP contribution in [0.3, 0.4) is 0 Å². The average Bonchev–Trinajstić information content (AvgIpc) is 2.34. The molecule has 0 aromatic heterocycles. The average molecular weight is 257 g/mol. The Kier molecular flexibility index (Phi) is 6.25. The Hall–Kier alpha value is -1.42. The molecule has 1 aromatic rings. The number of hydrogen-bond acceptors (Lipinski definition) is 2. The Morgan fingerprint density at radius 2 is 2.00 bits per heavy atom. The van der Waals surface area contributed by atoms with Crippen LogP contribution >= 0.6 is 11.6 Å². The molecule has 0 spiro atoms. The van der Waals surface area contributed by atoms with E-state index in [0.29, 0.717) is 30.5 Å². The molecule has 1 aromatic carbocycles. The number of carbonyl (C=O) groups excluding carboxylic acids is 1. The van der Waals surface area contributed by atoms with Crippen LogP contribution in [0, 0.1) is 0 Å². The van der Waals surface area contributed by atoms with E-state index in [2.05, 4.69) is 10.6 Å². The van der Waals surface area contributed by atoms with Gasteiger partial charge in [-0.05, 0) is 18.6 Å². The summed E-state index contributed by atoms with van der Waals surface area (Å²) >= 11 is 5.91. The zero-order valence-corrected chi connectivity index (χ0v) is 10.6. The van der Waals surface area contributed by atoms with Crippen LogP contribution in [-0.2, 0) is 0 Å². The van der Waals surface area contributed by atoms with Crippen molar-refractivity contribution in [1.82, 2.24) is 10.6 Å². The first-order valence-electron chi connectivity index (χ1n) is 5.63. The van der Waals surface area contributed by atoms with Crippen molar-refractivity contribution in [3.05, 3.63) is 29.3 Å². The van der Waals surface area contributed by atoms with Gasteiger partial charge in [0.05, 0.1) is 11.6 Å². The monoisotopic (exact) mass is 256 g/mol. The third-order valence-electron chi connectivity index (χ3n) is 2.02. The molecule has 0 aliphatic rings. The van der Waals surface area contributed by atoms with Crippen molar-refractivity contribution < 1.29 is 9.53 Å². The first-order chi connectivity index (χ1) is 8.24. The second kappa shape index (κ2) is 7.79. The number of ether oxygens (including phenoxy) is 1. The molecule has 0 aliphatic heterocycles. The predicted molar refractivity (Wildman–Crippen MR) is 68.6 cm³/mol. The van der Waals surface area contributed by atoms with Gasteiger partial charge in [-0.25, -0.2) is 4.79 Å². The lowest BCUT2D eigenvalue weighted by Gasteiger charge is -2.09. The Balaban J connectivity index is 2.16. The molecular formula is C12H17ClN2O2. The highest BCUT2D eigenvalue weighted by Crippen LogP contribution is 2.22. The van der Waals surface area contributed by atoms with E-state index >= 15 is 0 Å². The topological polar surface area (TPSA) is 50.4 Å². The van der Waals surface area contributed by atoms with Gasteiger partial charge in [-0.15, -0.1) is 0 Å². The normalized spacial score (nSPS) is 9.76. The molecule has 0 fully saturated rings. The summed E-state index contributed by atoms with van der Waals surface area (Å²) in [4.78, 5) is 11.2. The molecule has 0 radical (unpaired) electrons. The fourth-order valence-electron chi connectivity index (χ4n) is 1.19. The highest BCUT2D eigenvalue weighted by molar-refractivity contribution is 6.32. The van der Waals surface area contributed by atoms with Crippen LogP contribution in [0.25, 0.3) is 0 Å². The summed E-state index contributed by atoms with van der Waals surface area (Å²) in [5.74, 6) is 0.630. The molecule has 94 valence electrons. The molecule has 2 N–H and O–H groups in total. The van der Waals surface area contributed by atoms with Gasteiger partial charge in [-0.3, -0.25) is 0 Å². The molecule has 17 heavy (non-hydrogen) atoms. The molecular weight excluding hydrogens is 240 g/mol. The first-order valence-corrected chi connectivity index (χ1v) is 6.01. The number of rotatable bonds is 6. The van der Waals surface area contributed by atoms with E-state index < -0.39 is 0 Å². The predicted octanol–water partition coefficient (Wildman–Crippen LogP) is 2.43. The number of benzene rings is 1. The molecule has 0 aliphatic carbocycles. The number of hydrogen-bond donors (Lipinski definition) is 2. The van der Waals surface area contributed by atoms with Gasteiger partial charge < -0.3 is 15.4 Å². The molecule has 5 heteroatoms. The van der Waals surface area contributed by atoms with Gasteiger partial charge in [-0.2, -0.15) is 0 Å². The number of halogens is 1. The molecule has 4 nitrogen and oxygen atoms in total. The molecule has 0 saturated heterocycles. The zero-order chi connectivity index (χ0) is 12.5. The molecule has 0 heterocycles. The second-order valence-corrected chi connectivity index (χ2v) is 3.87. The van der Waals surface area contributed by atoms with Crippen LogP contribution in [0.1, 0.15) is 13.3 Å². The third kappa shape index (κ3) is 5.45. The van der Waals surface area contributed by atoms with Crippen LogP contribution in [0.15, 0.2) is 24.3 Å². The van der Waals surface area contributed by atoms with Gasteiger partial charge in [0, 0.05) is 6.54 Å². The first kappa shape index (κ1) is 13.6. The quantitative estimate of drug-likeness (QED) is 0.768. The lowest BCUT2D eigenvalue weighted by molar-refractivity contribution is 0.236. The van der Waals surface area contributed by atoms with Crippen LogP contribution in [0.2, 0.25) is 5.02 Å². The van der Waals surface area contributed by atoms with Gasteiger partial charge in [0.25, 0.3) is 0 Å². The van der Waals surface area contributed by atoms with Crippen molar-refractivity contribution in [1.29, 1.82) is 0 Å². The maximum absolute atomic E-state index is 11.2. The third-order valence-corrected chi connectivity index (χ3v) is 2.33. The number of urea groups is 1. The summed E-state index contributed by atoms with van der Waals surface area (Å²) in [6.07, 6.45) is 0.920. The van der Waals surface area contributed by atoms with Crippen LogP contribution in [0.4, 0.5) is 4.79 Å². The highest BCUT2D eigenvalue weighted by Gasteiger charge is 2.00. The summed E-state index contributed by atoms with van der Waals surface area (Å²) in [6, 6.07) is 7.07. The Labute approximate surface area is 106 Å². The zero-order valence-electron chi connectivity index (χ0n) is 9.83. The second-order valence-electron chi connectivity index (χ2n) is 3.46. The maximum Gasteiger partial charge on any atom is 0.314 e. The summed E-state index contributed by atoms with van der Waals surface area (Å²) in [5.41, 5.74) is 0. The Bertz CT molecular complexity index is 358. The molecule has 0 atom stereocenters. The van der Waals surface area contributed by atoms with E-state index in [4.69, 9.17) is 16.3 Å². The highest BCUT2D eigenvalue weighted by atomic mass is 35.5. The van der Waals surface area contributed by atoms with E-state index in [0.717, 1.165) is 6.42 Å². The number of para-hydroxylation sites is 1. The van der Waals surface area contributed by atoms with E-state index in [1.807, 2.05) is 19.1 Å². The van der Waals surface area contributed by atoms with Crippen molar-refractivity contribution in [2.45, 2.75) is 13.3 Å². The fraction of sp³-hybridized carbons (Fsp3) is 0.417. The minimum atomic E-state index is -0.172. The molecule has 2 amide bonds. The van der Waals surface area contributed by atoms with Crippen LogP contribution in [0.5, 0.6) is 5.75 Å². The summed E-state index contributed by atoms with van der Waals surface area (Å²) in [5, 5.41) is 5.97. The standard InChI is InChI=1S/C12H17ClN2O2/c1-2-7-14-12(16)15-8-9-17-11-6-4-3-5-10(11)13/h3-6H,2,7-9H2,1H3,(H2,14,15,16). The van der Waals surface area contributed by atoms with Gasteiger partial charge >= 0.3 is 6.03 Å². The number of carbonyl (C=O) groups is 1. The van der Waals surface area contributed by atoms with Crippen molar-refractivity contribution in [3.8, 4) is 5.75 Å². The summed E-state index contributed by atoms with van der Waals surface area (Å²) < 4.78 is 5.42.